The number of aliphatic carboxylic acids is 1. The van der Waals surface area contributed by atoms with E-state index in [-0.39, 0.29) is 0 Å². The van der Waals surface area contributed by atoms with Gasteiger partial charge in [-0.2, -0.15) is 8.78 Å². The third kappa shape index (κ3) is 5.62. The van der Waals surface area contributed by atoms with Crippen LogP contribution in [0, 0.1) is 0 Å². The van der Waals surface area contributed by atoms with Crippen LogP contribution in [0.25, 0.3) is 0 Å². The molecular weight excluding hydrogens is 141 g/mol. The number of carboxylic acids is 1. The van der Waals surface area contributed by atoms with Crippen LogP contribution in [0.1, 0.15) is 6.42 Å². The zero-order chi connectivity index (χ0) is 6.78. The number of carboxylic acid groups (broad SMARTS) is 1. The Hall–Kier alpha value is -0.380. The standard InChI is InChI=1S/C3H3ClF2O2/c4-3(5,6)1-2(7)8/h1H2,(H,7,8). The smallest absolute Gasteiger partial charge is 0.332 e. The Labute approximate surface area is 49.1 Å². The molecule has 0 atom stereocenters. The van der Waals surface area contributed by atoms with E-state index in [1.54, 1.807) is 0 Å². The number of carbonyl (C=O) groups is 1. The molecule has 0 aliphatic carbocycles. The maximum atomic E-state index is 11.4. The third-order valence-corrected chi connectivity index (χ3v) is 0.485. The molecule has 0 bridgehead atoms. The molecule has 0 unspecified atom stereocenters. The van der Waals surface area contributed by atoms with Crippen molar-refractivity contribution >= 4 is 17.6 Å². The molecule has 0 heterocycles. The Morgan fingerprint density at radius 1 is 1.75 bits per heavy atom. The molecule has 8 heavy (non-hydrogen) atoms. The Morgan fingerprint density at radius 3 is 2.12 bits per heavy atom. The Balaban J connectivity index is 3.55. The van der Waals surface area contributed by atoms with Gasteiger partial charge in [-0.3, -0.25) is 4.79 Å². The van der Waals surface area contributed by atoms with Gasteiger partial charge in [0.1, 0.15) is 6.42 Å². The van der Waals surface area contributed by atoms with Crippen molar-refractivity contribution in [2.45, 2.75) is 11.8 Å². The average Bonchev–Trinajstić information content (AvgIpc) is 1.21. The van der Waals surface area contributed by atoms with E-state index in [1.165, 1.54) is 0 Å². The second kappa shape index (κ2) is 2.26. The van der Waals surface area contributed by atoms with Crippen LogP contribution in [-0.4, -0.2) is 16.5 Å². The Kier molecular flexibility index (Phi) is 2.15. The number of hydrogen-bond donors (Lipinski definition) is 1. The van der Waals surface area contributed by atoms with Crippen molar-refractivity contribution in [2.75, 3.05) is 0 Å². The molecule has 1 N–H and O–H groups in total. The zero-order valence-electron chi connectivity index (χ0n) is 3.70. The molecule has 0 fully saturated rings. The van der Waals surface area contributed by atoms with Crippen LogP contribution in [0.4, 0.5) is 8.78 Å². The van der Waals surface area contributed by atoms with Crippen LogP contribution in [0.2, 0.25) is 0 Å². The van der Waals surface area contributed by atoms with Gasteiger partial charge in [0.2, 0.25) is 0 Å². The summed E-state index contributed by atoms with van der Waals surface area (Å²) in [4.78, 5) is 9.45. The number of hydrogen-bond acceptors (Lipinski definition) is 1. The number of alkyl halides is 3. The van der Waals surface area contributed by atoms with E-state index < -0.39 is 17.8 Å². The molecule has 0 saturated carbocycles. The first-order valence-electron chi connectivity index (χ1n) is 1.70. The third-order valence-electron chi connectivity index (χ3n) is 0.352. The van der Waals surface area contributed by atoms with E-state index in [1.807, 2.05) is 0 Å². The molecule has 48 valence electrons. The van der Waals surface area contributed by atoms with Gasteiger partial charge in [0.15, 0.2) is 0 Å². The van der Waals surface area contributed by atoms with Gasteiger partial charge in [0.25, 0.3) is 0 Å². The first-order valence-corrected chi connectivity index (χ1v) is 2.08. The predicted octanol–water partition coefficient (Wildman–Crippen LogP) is 1.29. The summed E-state index contributed by atoms with van der Waals surface area (Å²) < 4.78 is 22.7. The van der Waals surface area contributed by atoms with E-state index in [0.717, 1.165) is 0 Å². The summed E-state index contributed by atoms with van der Waals surface area (Å²) in [7, 11) is 0. The van der Waals surface area contributed by atoms with Gasteiger partial charge in [-0.15, -0.1) is 0 Å². The van der Waals surface area contributed by atoms with Gasteiger partial charge in [0, 0.05) is 0 Å². The van der Waals surface area contributed by atoms with Gasteiger partial charge in [-0.05, 0) is 11.6 Å². The van der Waals surface area contributed by atoms with Gasteiger partial charge < -0.3 is 5.11 Å². The summed E-state index contributed by atoms with van der Waals surface area (Å²) in [6.07, 6.45) is -1.32. The molecular formula is C3H3ClF2O2. The van der Waals surface area contributed by atoms with Crippen LogP contribution >= 0.6 is 11.6 Å². The normalized spacial score (nSPS) is 11.4. The number of rotatable bonds is 2. The molecule has 0 aromatic carbocycles. The molecule has 0 aromatic heterocycles. The summed E-state index contributed by atoms with van der Waals surface area (Å²) in [5, 5.41) is 4.08. The first kappa shape index (κ1) is 7.62. The van der Waals surface area contributed by atoms with E-state index in [9.17, 15) is 13.6 Å². The zero-order valence-corrected chi connectivity index (χ0v) is 4.45. The van der Waals surface area contributed by atoms with Gasteiger partial charge in [-0.25, -0.2) is 0 Å². The molecule has 0 aliphatic heterocycles. The second-order valence-electron chi connectivity index (χ2n) is 1.19. The van der Waals surface area contributed by atoms with Crippen LogP contribution in [0.15, 0.2) is 0 Å². The molecule has 0 amide bonds. The molecule has 2 nitrogen and oxygen atoms in total. The summed E-state index contributed by atoms with van der Waals surface area (Å²) in [5.74, 6) is -1.61. The molecule has 0 spiro atoms. The van der Waals surface area contributed by atoms with Gasteiger partial charge in [-0.1, -0.05) is 0 Å². The molecule has 0 aromatic rings. The summed E-state index contributed by atoms with van der Waals surface area (Å²) in [6.45, 7) is 0. The van der Waals surface area contributed by atoms with Crippen molar-refractivity contribution < 1.29 is 18.7 Å². The lowest BCUT2D eigenvalue weighted by atomic mass is 10.5. The van der Waals surface area contributed by atoms with E-state index in [2.05, 4.69) is 11.6 Å². The summed E-state index contributed by atoms with van der Waals surface area (Å²) in [6, 6.07) is 0. The van der Waals surface area contributed by atoms with Crippen molar-refractivity contribution in [1.82, 2.24) is 0 Å². The highest BCUT2D eigenvalue weighted by Gasteiger charge is 2.28. The minimum atomic E-state index is -3.61. The molecule has 0 saturated heterocycles. The second-order valence-corrected chi connectivity index (χ2v) is 1.74. The van der Waals surface area contributed by atoms with Crippen LogP contribution in [0.3, 0.4) is 0 Å². The highest BCUT2D eigenvalue weighted by molar-refractivity contribution is 6.22. The summed E-state index contributed by atoms with van der Waals surface area (Å²) in [5.41, 5.74) is 0. The molecule has 0 aliphatic rings. The fourth-order valence-electron chi connectivity index (χ4n) is 0.171. The van der Waals surface area contributed by atoms with Crippen LogP contribution in [-0.2, 0) is 4.79 Å². The fraction of sp³-hybridized carbons (Fsp3) is 0.667. The van der Waals surface area contributed by atoms with Crippen molar-refractivity contribution in [3.05, 3.63) is 0 Å². The van der Waals surface area contributed by atoms with Gasteiger partial charge in [0.05, 0.1) is 0 Å². The maximum absolute atomic E-state index is 11.4. The minimum absolute atomic E-state index is 1.32. The largest absolute Gasteiger partial charge is 0.481 e. The topological polar surface area (TPSA) is 37.3 Å². The maximum Gasteiger partial charge on any atom is 0.332 e. The molecule has 5 heteroatoms. The fourth-order valence-corrected chi connectivity index (χ4v) is 0.286. The van der Waals surface area contributed by atoms with E-state index in [4.69, 9.17) is 5.11 Å². The van der Waals surface area contributed by atoms with Crippen molar-refractivity contribution in [3.8, 4) is 0 Å². The Bertz CT molecular complexity index is 97.9. The van der Waals surface area contributed by atoms with E-state index >= 15 is 0 Å². The predicted molar refractivity (Wildman–Crippen MR) is 23.1 cm³/mol. The van der Waals surface area contributed by atoms with E-state index in [0.29, 0.717) is 0 Å². The minimum Gasteiger partial charge on any atom is -0.481 e. The Morgan fingerprint density at radius 2 is 2.12 bits per heavy atom. The highest BCUT2D eigenvalue weighted by Crippen LogP contribution is 2.22. The molecule has 0 radical (unpaired) electrons. The number of halogens is 3. The van der Waals surface area contributed by atoms with Crippen molar-refractivity contribution in [3.63, 3.8) is 0 Å². The lowest BCUT2D eigenvalue weighted by Crippen LogP contribution is -2.12. The quantitative estimate of drug-likeness (QED) is 0.593. The average molecular weight is 145 g/mol. The van der Waals surface area contributed by atoms with Crippen LogP contribution < -0.4 is 0 Å². The summed E-state index contributed by atoms with van der Waals surface area (Å²) >= 11 is 4.21. The van der Waals surface area contributed by atoms with Gasteiger partial charge >= 0.3 is 11.4 Å². The lowest BCUT2D eigenvalue weighted by molar-refractivity contribution is -0.141. The van der Waals surface area contributed by atoms with Crippen molar-refractivity contribution in [2.24, 2.45) is 0 Å². The SMILES string of the molecule is O=C(O)CC(F)(F)Cl. The highest BCUT2D eigenvalue weighted by atomic mass is 35.5. The van der Waals surface area contributed by atoms with Crippen LogP contribution in [0.5, 0.6) is 0 Å². The first-order chi connectivity index (χ1) is 3.42. The monoisotopic (exact) mass is 144 g/mol. The molecule has 0 rings (SSSR count). The van der Waals surface area contributed by atoms with Crippen molar-refractivity contribution in [1.29, 1.82) is 0 Å². The lowest BCUT2D eigenvalue weighted by Gasteiger charge is -2.00.